The fraction of sp³-hybridized carbons (Fsp3) is 0.486. The van der Waals surface area contributed by atoms with Gasteiger partial charge in [0.25, 0.3) is 11.8 Å². The highest BCUT2D eigenvalue weighted by atomic mass is 35.5. The van der Waals surface area contributed by atoms with E-state index in [4.69, 9.17) is 11.6 Å². The molecule has 8 nitrogen and oxygen atoms in total. The molecule has 2 amide bonds. The van der Waals surface area contributed by atoms with Gasteiger partial charge in [0.1, 0.15) is 5.00 Å². The minimum atomic E-state index is -4.62. The number of carbonyl (C=O) groups is 2. The number of aryl methyl sites for hydroxylation is 1. The SMILES string of the molecule is CCN(CC)CCN(CCN(CC)CC)Cc1cccc(C(=O)Nc2sc3c(c2C(=O)NN=Cc2ccc(Cl)c(C(F)(F)F)c2)CCCC3)c1. The third-order valence-electron chi connectivity index (χ3n) is 9.15. The van der Waals surface area contributed by atoms with Crippen LogP contribution in [0.5, 0.6) is 0 Å². The number of fused-ring (bicyclic) bond motifs is 1. The lowest BCUT2D eigenvalue weighted by molar-refractivity contribution is -0.137. The third kappa shape index (κ3) is 10.9. The number of amides is 2. The van der Waals surface area contributed by atoms with E-state index in [9.17, 15) is 22.8 Å². The van der Waals surface area contributed by atoms with Gasteiger partial charge in [0.2, 0.25) is 0 Å². The van der Waals surface area contributed by atoms with E-state index >= 15 is 0 Å². The van der Waals surface area contributed by atoms with Gasteiger partial charge in [-0.1, -0.05) is 57.5 Å². The molecular weight excluding hydrogens is 685 g/mol. The first kappa shape index (κ1) is 39.5. The zero-order chi connectivity index (χ0) is 36.3. The number of rotatable bonds is 17. The Labute approximate surface area is 302 Å². The van der Waals surface area contributed by atoms with Gasteiger partial charge in [-0.2, -0.15) is 18.3 Å². The van der Waals surface area contributed by atoms with E-state index in [1.165, 1.54) is 17.4 Å². The average molecular weight is 733 g/mol. The van der Waals surface area contributed by atoms with Gasteiger partial charge in [0.05, 0.1) is 22.4 Å². The second-order valence-corrected chi connectivity index (χ2v) is 13.8. The van der Waals surface area contributed by atoms with Gasteiger partial charge in [-0.05, 0) is 92.8 Å². The van der Waals surface area contributed by atoms with E-state index in [0.717, 1.165) is 106 Å². The Hall–Kier alpha value is -3.29. The van der Waals surface area contributed by atoms with E-state index in [1.807, 2.05) is 18.2 Å². The van der Waals surface area contributed by atoms with Crippen LogP contribution in [-0.4, -0.2) is 85.1 Å². The molecule has 0 spiro atoms. The normalized spacial score (nSPS) is 13.4. The van der Waals surface area contributed by atoms with Crippen LogP contribution in [0, 0.1) is 0 Å². The van der Waals surface area contributed by atoms with Crippen LogP contribution in [0.1, 0.15) is 88.4 Å². The molecule has 1 aliphatic carbocycles. The number of hydrogen-bond acceptors (Lipinski definition) is 7. The number of halogens is 4. The summed E-state index contributed by atoms with van der Waals surface area (Å²) in [4.78, 5) is 35.5. The van der Waals surface area contributed by atoms with Gasteiger partial charge in [-0.3, -0.25) is 14.5 Å². The van der Waals surface area contributed by atoms with Crippen molar-refractivity contribution in [3.8, 4) is 0 Å². The number of thiophene rings is 1. The second kappa shape index (κ2) is 18.8. The van der Waals surface area contributed by atoms with E-state index in [2.05, 4.69) is 58.2 Å². The summed E-state index contributed by atoms with van der Waals surface area (Å²) < 4.78 is 39.9. The van der Waals surface area contributed by atoms with Gasteiger partial charge >= 0.3 is 6.18 Å². The number of likely N-dealkylation sites (N-methyl/N-ethyl adjacent to an activating group) is 2. The summed E-state index contributed by atoms with van der Waals surface area (Å²) in [5.41, 5.74) is 4.35. The van der Waals surface area contributed by atoms with Crippen LogP contribution in [0.15, 0.2) is 47.6 Å². The Bertz CT molecular complexity index is 1600. The monoisotopic (exact) mass is 732 g/mol. The zero-order valence-electron chi connectivity index (χ0n) is 29.3. The number of nitrogens with one attached hydrogen (secondary N) is 2. The third-order valence-corrected chi connectivity index (χ3v) is 10.7. The Balaban J connectivity index is 1.50. The fourth-order valence-electron chi connectivity index (χ4n) is 6.12. The standard InChI is InChI=1S/C37H48ClF3N6O2S/c1-5-45(6-2)18-20-47(21-19-46(7-3)8-4)25-27-12-11-13-28(22-27)34(48)43-36-33(29-14-9-10-15-32(29)50-36)35(49)44-42-24-26-16-17-31(38)30(23-26)37(39,40)41/h11-13,16-17,22-24H,5-10,14-15,18-21,25H2,1-4H3,(H,43,48)(H,44,49). The zero-order valence-corrected chi connectivity index (χ0v) is 30.9. The lowest BCUT2D eigenvalue weighted by Crippen LogP contribution is -2.39. The summed E-state index contributed by atoms with van der Waals surface area (Å²) in [6.45, 7) is 17.2. The lowest BCUT2D eigenvalue weighted by atomic mass is 9.95. The molecule has 1 heterocycles. The molecule has 2 aromatic carbocycles. The van der Waals surface area contributed by atoms with E-state index in [-0.39, 0.29) is 11.5 Å². The molecule has 3 aromatic rings. The van der Waals surface area contributed by atoms with E-state index in [0.29, 0.717) is 29.1 Å². The summed E-state index contributed by atoms with van der Waals surface area (Å²) in [5.74, 6) is -0.853. The molecule has 1 aromatic heterocycles. The van der Waals surface area contributed by atoms with Crippen LogP contribution in [0.2, 0.25) is 5.02 Å². The topological polar surface area (TPSA) is 80.3 Å². The quantitative estimate of drug-likeness (QED) is 0.109. The fourth-order valence-corrected chi connectivity index (χ4v) is 7.62. The smallest absolute Gasteiger partial charge is 0.313 e. The Morgan fingerprint density at radius 3 is 2.16 bits per heavy atom. The number of nitrogens with zero attached hydrogens (tertiary/aromatic N) is 4. The highest BCUT2D eigenvalue weighted by Crippen LogP contribution is 2.38. The summed E-state index contributed by atoms with van der Waals surface area (Å²) in [6, 6.07) is 11.0. The summed E-state index contributed by atoms with van der Waals surface area (Å²) in [6.07, 6.45) is -0.100. The van der Waals surface area contributed by atoms with Gasteiger partial charge in [0, 0.05) is 43.2 Å². The van der Waals surface area contributed by atoms with Crippen molar-refractivity contribution in [2.45, 2.75) is 66.1 Å². The predicted molar refractivity (Wildman–Crippen MR) is 198 cm³/mol. The Morgan fingerprint density at radius 1 is 0.880 bits per heavy atom. The molecule has 50 heavy (non-hydrogen) atoms. The van der Waals surface area contributed by atoms with Gasteiger partial charge < -0.3 is 15.1 Å². The number of hydrazone groups is 1. The van der Waals surface area contributed by atoms with Gasteiger partial charge in [-0.25, -0.2) is 5.43 Å². The first-order chi connectivity index (χ1) is 24.0. The molecule has 13 heteroatoms. The maximum atomic E-state index is 13.7. The molecule has 4 rings (SSSR count). The van der Waals surface area contributed by atoms with Crippen LogP contribution < -0.4 is 10.7 Å². The highest BCUT2D eigenvalue weighted by Gasteiger charge is 2.33. The van der Waals surface area contributed by atoms with Crippen LogP contribution in [-0.2, 0) is 25.6 Å². The molecule has 0 saturated heterocycles. The highest BCUT2D eigenvalue weighted by molar-refractivity contribution is 7.17. The van der Waals surface area contributed by atoms with Crippen LogP contribution >= 0.6 is 22.9 Å². The van der Waals surface area contributed by atoms with Crippen molar-refractivity contribution in [1.82, 2.24) is 20.1 Å². The summed E-state index contributed by atoms with van der Waals surface area (Å²) in [5, 5.41) is 6.95. The van der Waals surface area contributed by atoms with Crippen molar-refractivity contribution in [3.63, 3.8) is 0 Å². The maximum Gasteiger partial charge on any atom is 0.417 e. The van der Waals surface area contributed by atoms with Crippen molar-refractivity contribution in [3.05, 3.63) is 85.7 Å². The number of alkyl halides is 3. The van der Waals surface area contributed by atoms with Gasteiger partial charge in [-0.15, -0.1) is 11.3 Å². The van der Waals surface area contributed by atoms with Crippen LogP contribution in [0.4, 0.5) is 18.2 Å². The minimum Gasteiger partial charge on any atom is -0.313 e. The number of anilines is 1. The lowest BCUT2D eigenvalue weighted by Gasteiger charge is -2.29. The van der Waals surface area contributed by atoms with Crippen LogP contribution in [0.25, 0.3) is 0 Å². The molecule has 0 unspecified atom stereocenters. The van der Waals surface area contributed by atoms with E-state index in [1.54, 1.807) is 6.07 Å². The van der Waals surface area contributed by atoms with Crippen molar-refractivity contribution < 1.29 is 22.8 Å². The molecule has 0 aliphatic heterocycles. The summed E-state index contributed by atoms with van der Waals surface area (Å²) in [7, 11) is 0. The van der Waals surface area contributed by atoms with Crippen molar-refractivity contribution >= 4 is 46.0 Å². The van der Waals surface area contributed by atoms with Crippen molar-refractivity contribution in [2.24, 2.45) is 5.10 Å². The second-order valence-electron chi connectivity index (χ2n) is 12.3. The molecule has 0 saturated carbocycles. The first-order valence-corrected chi connectivity index (χ1v) is 18.6. The number of benzene rings is 2. The van der Waals surface area contributed by atoms with Crippen molar-refractivity contribution in [2.75, 3.05) is 57.7 Å². The van der Waals surface area contributed by atoms with Crippen LogP contribution in [0.3, 0.4) is 0 Å². The molecule has 0 fully saturated rings. The Kier molecular flexibility index (Phi) is 14.9. The number of carbonyl (C=O) groups excluding carboxylic acids is 2. The van der Waals surface area contributed by atoms with Crippen molar-refractivity contribution in [1.29, 1.82) is 0 Å². The molecule has 0 bridgehead atoms. The molecule has 2 N–H and O–H groups in total. The molecular formula is C37H48ClF3N6O2S. The molecule has 272 valence electrons. The minimum absolute atomic E-state index is 0.127. The largest absolute Gasteiger partial charge is 0.417 e. The van der Waals surface area contributed by atoms with Gasteiger partial charge in [0.15, 0.2) is 0 Å². The number of hydrogen-bond donors (Lipinski definition) is 2. The first-order valence-electron chi connectivity index (χ1n) is 17.4. The molecule has 1 aliphatic rings. The van der Waals surface area contributed by atoms with E-state index < -0.39 is 22.7 Å². The molecule has 0 radical (unpaired) electrons. The predicted octanol–water partition coefficient (Wildman–Crippen LogP) is 7.80. The maximum absolute atomic E-state index is 13.7. The summed E-state index contributed by atoms with van der Waals surface area (Å²) >= 11 is 7.12. The Morgan fingerprint density at radius 2 is 1.52 bits per heavy atom. The molecule has 0 atom stereocenters. The average Bonchev–Trinajstić information content (AvgIpc) is 3.47.